The average Bonchev–Trinajstić information content (AvgIpc) is 2.68. The van der Waals surface area contributed by atoms with Crippen LogP contribution in [0.25, 0.3) is 0 Å². The number of nitrogens with zero attached hydrogens (tertiary/aromatic N) is 1. The van der Waals surface area contributed by atoms with Crippen molar-refractivity contribution in [2.75, 3.05) is 6.61 Å². The van der Waals surface area contributed by atoms with Crippen molar-refractivity contribution in [3.63, 3.8) is 0 Å². The summed E-state index contributed by atoms with van der Waals surface area (Å²) in [5, 5.41) is 4.67. The molecule has 29 heavy (non-hydrogen) atoms. The zero-order valence-electron chi connectivity index (χ0n) is 16.0. The van der Waals surface area contributed by atoms with Crippen LogP contribution >= 0.6 is 46.4 Å². The van der Waals surface area contributed by atoms with Crippen LogP contribution in [0.1, 0.15) is 31.4 Å². The Morgan fingerprint density at radius 3 is 2.31 bits per heavy atom. The summed E-state index contributed by atoms with van der Waals surface area (Å²) in [4.78, 5) is 5.29. The van der Waals surface area contributed by atoms with Gasteiger partial charge in [0.25, 0.3) is 0 Å². The quantitative estimate of drug-likeness (QED) is 0.264. The van der Waals surface area contributed by atoms with E-state index in [1.807, 2.05) is 38.1 Å². The number of ether oxygens (including phenoxy) is 2. The van der Waals surface area contributed by atoms with Gasteiger partial charge in [-0.1, -0.05) is 82.7 Å². The van der Waals surface area contributed by atoms with E-state index in [-0.39, 0.29) is 17.2 Å². The van der Waals surface area contributed by atoms with Crippen LogP contribution < -0.4 is 9.47 Å². The van der Waals surface area contributed by atoms with E-state index in [2.05, 4.69) is 5.16 Å². The van der Waals surface area contributed by atoms with Gasteiger partial charge in [0.1, 0.15) is 29.6 Å². The topological polar surface area (TPSA) is 40.0 Å². The molecule has 2 aromatic carbocycles. The summed E-state index contributed by atoms with van der Waals surface area (Å²) >= 11 is 23.6. The lowest BCUT2D eigenvalue weighted by Gasteiger charge is -2.12. The molecule has 8 heteroatoms. The molecule has 2 aromatic rings. The molecule has 0 N–H and O–H groups in total. The fourth-order valence-electron chi connectivity index (χ4n) is 2.08. The highest BCUT2D eigenvalue weighted by atomic mass is 35.5. The van der Waals surface area contributed by atoms with E-state index >= 15 is 0 Å². The summed E-state index contributed by atoms with van der Waals surface area (Å²) in [6, 6.07) is 11.0. The van der Waals surface area contributed by atoms with E-state index in [0.717, 1.165) is 17.5 Å². The minimum atomic E-state index is 0.0970. The van der Waals surface area contributed by atoms with Gasteiger partial charge in [-0.3, -0.25) is 0 Å². The standard InChI is InChI=1S/C21H21Cl4NO3/c1-3-14(2)29-26-12-15-4-6-16(7-5-15)13-28-21-18(22)10-17(11-19(21)23)27-9-8-20(24)25/h4-8,10-12,14H,3,9,13H2,1-2H3/b26-12+. The lowest BCUT2D eigenvalue weighted by atomic mass is 10.1. The van der Waals surface area contributed by atoms with Gasteiger partial charge < -0.3 is 14.3 Å². The maximum absolute atomic E-state index is 6.27. The molecule has 0 spiro atoms. The van der Waals surface area contributed by atoms with Gasteiger partial charge in [0.15, 0.2) is 5.75 Å². The van der Waals surface area contributed by atoms with Crippen LogP contribution in [0, 0.1) is 0 Å². The maximum atomic E-state index is 6.27. The summed E-state index contributed by atoms with van der Waals surface area (Å²) in [5.41, 5.74) is 1.89. The Bertz CT molecular complexity index is 826. The molecule has 0 aliphatic rings. The van der Waals surface area contributed by atoms with Crippen molar-refractivity contribution in [2.24, 2.45) is 5.16 Å². The van der Waals surface area contributed by atoms with Crippen molar-refractivity contribution in [3.05, 3.63) is 68.1 Å². The number of oxime groups is 1. The molecule has 156 valence electrons. The maximum Gasteiger partial charge on any atom is 0.157 e. The zero-order valence-corrected chi connectivity index (χ0v) is 19.0. The number of benzene rings is 2. The van der Waals surface area contributed by atoms with Gasteiger partial charge in [0, 0.05) is 12.1 Å². The van der Waals surface area contributed by atoms with Gasteiger partial charge >= 0.3 is 0 Å². The Kier molecular flexibility index (Phi) is 9.95. The third-order valence-corrected chi connectivity index (χ3v) is 4.71. The third-order valence-electron chi connectivity index (χ3n) is 3.84. The second kappa shape index (κ2) is 12.2. The van der Waals surface area contributed by atoms with Crippen LogP contribution in [-0.2, 0) is 11.4 Å². The smallest absolute Gasteiger partial charge is 0.157 e. The summed E-state index contributed by atoms with van der Waals surface area (Å²) in [6.45, 7) is 4.53. The zero-order chi connectivity index (χ0) is 21.2. The molecular formula is C21H21Cl4NO3. The molecule has 0 radical (unpaired) electrons. The molecule has 0 aliphatic carbocycles. The molecule has 0 aliphatic heterocycles. The van der Waals surface area contributed by atoms with Crippen molar-refractivity contribution in [1.82, 2.24) is 0 Å². The molecule has 0 saturated heterocycles. The van der Waals surface area contributed by atoms with E-state index in [4.69, 9.17) is 60.7 Å². The first-order chi connectivity index (χ1) is 13.9. The predicted octanol–water partition coefficient (Wildman–Crippen LogP) is 7.42. The van der Waals surface area contributed by atoms with Crippen molar-refractivity contribution >= 4 is 52.6 Å². The Hall–Kier alpha value is -1.59. The van der Waals surface area contributed by atoms with Crippen LogP contribution in [0.15, 0.2) is 52.1 Å². The summed E-state index contributed by atoms with van der Waals surface area (Å²) < 4.78 is 11.4. The first-order valence-corrected chi connectivity index (χ1v) is 10.4. The Labute approximate surface area is 190 Å². The minimum absolute atomic E-state index is 0.0970. The molecule has 4 nitrogen and oxygen atoms in total. The average molecular weight is 477 g/mol. The highest BCUT2D eigenvalue weighted by Gasteiger charge is 2.11. The van der Waals surface area contributed by atoms with Crippen LogP contribution in [-0.4, -0.2) is 18.9 Å². The van der Waals surface area contributed by atoms with E-state index < -0.39 is 0 Å². The van der Waals surface area contributed by atoms with Gasteiger partial charge in [-0.2, -0.15) is 0 Å². The molecule has 0 aromatic heterocycles. The van der Waals surface area contributed by atoms with Crippen molar-refractivity contribution in [2.45, 2.75) is 33.0 Å². The van der Waals surface area contributed by atoms with Crippen LogP contribution in [0.5, 0.6) is 11.5 Å². The minimum Gasteiger partial charge on any atom is -0.489 e. The molecule has 1 unspecified atom stereocenters. The van der Waals surface area contributed by atoms with E-state index in [1.54, 1.807) is 18.3 Å². The second-order valence-electron chi connectivity index (χ2n) is 6.11. The normalized spacial score (nSPS) is 11.9. The largest absolute Gasteiger partial charge is 0.489 e. The molecule has 1 atom stereocenters. The fourth-order valence-corrected chi connectivity index (χ4v) is 2.79. The van der Waals surface area contributed by atoms with Crippen molar-refractivity contribution < 1.29 is 14.3 Å². The lowest BCUT2D eigenvalue weighted by molar-refractivity contribution is 0.0712. The Morgan fingerprint density at radius 1 is 1.07 bits per heavy atom. The lowest BCUT2D eigenvalue weighted by Crippen LogP contribution is -2.01. The third kappa shape index (κ3) is 8.35. The van der Waals surface area contributed by atoms with Crippen molar-refractivity contribution in [3.8, 4) is 11.5 Å². The summed E-state index contributed by atoms with van der Waals surface area (Å²) in [5.74, 6) is 0.876. The van der Waals surface area contributed by atoms with Crippen LogP contribution in [0.3, 0.4) is 0 Å². The SMILES string of the molecule is CCC(C)O/N=C/c1ccc(COc2c(Cl)cc(OCC=C(Cl)Cl)cc2Cl)cc1. The fraction of sp³-hybridized carbons (Fsp3) is 0.286. The van der Waals surface area contributed by atoms with Crippen LogP contribution in [0.2, 0.25) is 10.0 Å². The highest BCUT2D eigenvalue weighted by Crippen LogP contribution is 2.37. The number of hydrogen-bond acceptors (Lipinski definition) is 4. The van der Waals surface area contributed by atoms with Gasteiger partial charge in [0.05, 0.1) is 16.3 Å². The molecule has 0 heterocycles. The molecular weight excluding hydrogens is 456 g/mol. The monoisotopic (exact) mass is 475 g/mol. The number of rotatable bonds is 10. The predicted molar refractivity (Wildman–Crippen MR) is 121 cm³/mol. The van der Waals surface area contributed by atoms with Gasteiger partial charge in [-0.05, 0) is 30.5 Å². The molecule has 0 fully saturated rings. The van der Waals surface area contributed by atoms with Gasteiger partial charge in [-0.25, -0.2) is 0 Å². The Balaban J connectivity index is 1.94. The van der Waals surface area contributed by atoms with E-state index in [1.165, 1.54) is 6.08 Å². The van der Waals surface area contributed by atoms with E-state index in [9.17, 15) is 0 Å². The first kappa shape index (κ1) is 23.7. The number of halogens is 4. The molecule has 0 bridgehead atoms. The van der Waals surface area contributed by atoms with Gasteiger partial charge in [-0.15, -0.1) is 0 Å². The molecule has 0 saturated carbocycles. The molecule has 2 rings (SSSR count). The first-order valence-electron chi connectivity index (χ1n) is 8.93. The van der Waals surface area contributed by atoms with E-state index in [0.29, 0.717) is 28.2 Å². The second-order valence-corrected chi connectivity index (χ2v) is 7.93. The van der Waals surface area contributed by atoms with Crippen molar-refractivity contribution in [1.29, 1.82) is 0 Å². The highest BCUT2D eigenvalue weighted by molar-refractivity contribution is 6.55. The van der Waals surface area contributed by atoms with Gasteiger partial charge in [0.2, 0.25) is 0 Å². The summed E-state index contributed by atoms with van der Waals surface area (Å²) in [7, 11) is 0. The number of hydrogen-bond donors (Lipinski definition) is 0. The molecule has 0 amide bonds. The Morgan fingerprint density at radius 2 is 1.72 bits per heavy atom. The van der Waals surface area contributed by atoms with Crippen LogP contribution in [0.4, 0.5) is 0 Å². The summed E-state index contributed by atoms with van der Waals surface area (Å²) in [6.07, 6.45) is 4.19.